The molecule has 0 radical (unpaired) electrons. The van der Waals surface area contributed by atoms with Gasteiger partial charge in [-0.3, -0.25) is 4.79 Å². The van der Waals surface area contributed by atoms with Crippen LogP contribution in [-0.2, 0) is 11.2 Å². The molecule has 0 saturated carbocycles. The van der Waals surface area contributed by atoms with Gasteiger partial charge >= 0.3 is 0 Å². The first-order valence-corrected chi connectivity index (χ1v) is 6.14. The third-order valence-corrected chi connectivity index (χ3v) is 2.93. The van der Waals surface area contributed by atoms with E-state index >= 15 is 0 Å². The maximum Gasteiger partial charge on any atom is 0.224 e. The van der Waals surface area contributed by atoms with E-state index in [0.29, 0.717) is 23.9 Å². The molecule has 0 aliphatic rings. The number of hydrogen-bond donors (Lipinski definition) is 2. The molecule has 0 aromatic heterocycles. The summed E-state index contributed by atoms with van der Waals surface area (Å²) in [6.07, 6.45) is 0.361. The summed E-state index contributed by atoms with van der Waals surface area (Å²) in [5.41, 5.74) is 6.55. The van der Waals surface area contributed by atoms with E-state index in [9.17, 15) is 4.79 Å². The molecule has 94 valence electrons. The van der Waals surface area contributed by atoms with Crippen molar-refractivity contribution in [3.05, 3.63) is 34.9 Å². The van der Waals surface area contributed by atoms with Crippen molar-refractivity contribution in [3.63, 3.8) is 0 Å². The van der Waals surface area contributed by atoms with Crippen LogP contribution < -0.4 is 11.1 Å². The standard InChI is InChI=1S/C13H19ClN2O/c1-9(2)12(8-15)16-13(17)7-10-3-5-11(14)6-4-10/h3-6,9,12H,7-8,15H2,1-2H3,(H,16,17). The molecule has 1 rings (SSSR count). The molecule has 1 unspecified atom stereocenters. The van der Waals surface area contributed by atoms with Gasteiger partial charge in [-0.1, -0.05) is 37.6 Å². The molecule has 1 aromatic rings. The maximum atomic E-state index is 11.8. The van der Waals surface area contributed by atoms with Crippen LogP contribution in [0.5, 0.6) is 0 Å². The number of hydrogen-bond acceptors (Lipinski definition) is 2. The lowest BCUT2D eigenvalue weighted by Crippen LogP contribution is -2.44. The van der Waals surface area contributed by atoms with Crippen LogP contribution in [0.1, 0.15) is 19.4 Å². The van der Waals surface area contributed by atoms with Gasteiger partial charge in [-0.05, 0) is 23.6 Å². The van der Waals surface area contributed by atoms with E-state index in [1.807, 2.05) is 26.0 Å². The Bertz CT molecular complexity index is 362. The fraction of sp³-hybridized carbons (Fsp3) is 0.462. The second-order valence-corrected chi connectivity index (χ2v) is 4.89. The van der Waals surface area contributed by atoms with Crippen LogP contribution in [0.15, 0.2) is 24.3 Å². The van der Waals surface area contributed by atoms with E-state index in [4.69, 9.17) is 17.3 Å². The fourth-order valence-electron chi connectivity index (χ4n) is 1.54. The second-order valence-electron chi connectivity index (χ2n) is 4.46. The molecule has 1 amide bonds. The number of carbonyl (C=O) groups excluding carboxylic acids is 1. The highest BCUT2D eigenvalue weighted by molar-refractivity contribution is 6.30. The Labute approximate surface area is 107 Å². The summed E-state index contributed by atoms with van der Waals surface area (Å²) in [5.74, 6) is 0.339. The molecule has 0 fully saturated rings. The van der Waals surface area contributed by atoms with Crippen molar-refractivity contribution in [2.75, 3.05) is 6.54 Å². The highest BCUT2D eigenvalue weighted by Gasteiger charge is 2.14. The summed E-state index contributed by atoms with van der Waals surface area (Å²) < 4.78 is 0. The van der Waals surface area contributed by atoms with Gasteiger partial charge < -0.3 is 11.1 Å². The van der Waals surface area contributed by atoms with E-state index < -0.39 is 0 Å². The topological polar surface area (TPSA) is 55.1 Å². The maximum absolute atomic E-state index is 11.8. The average molecular weight is 255 g/mol. The first-order chi connectivity index (χ1) is 8.02. The number of benzene rings is 1. The Kier molecular flexibility index (Phi) is 5.45. The molecule has 4 heteroatoms. The van der Waals surface area contributed by atoms with Gasteiger partial charge in [0.15, 0.2) is 0 Å². The first kappa shape index (κ1) is 14.0. The van der Waals surface area contributed by atoms with Crippen molar-refractivity contribution in [1.82, 2.24) is 5.32 Å². The lowest BCUT2D eigenvalue weighted by atomic mass is 10.0. The average Bonchev–Trinajstić information content (AvgIpc) is 2.28. The minimum Gasteiger partial charge on any atom is -0.352 e. The lowest BCUT2D eigenvalue weighted by Gasteiger charge is -2.20. The fourth-order valence-corrected chi connectivity index (χ4v) is 1.67. The van der Waals surface area contributed by atoms with Gasteiger partial charge in [0, 0.05) is 17.6 Å². The van der Waals surface area contributed by atoms with Crippen LogP contribution in [0, 0.1) is 5.92 Å². The number of nitrogens with one attached hydrogen (secondary N) is 1. The molecule has 0 bridgehead atoms. The minimum absolute atomic E-state index is 0.00327. The molecule has 0 aliphatic heterocycles. The van der Waals surface area contributed by atoms with Gasteiger partial charge in [0.05, 0.1) is 6.42 Å². The highest BCUT2D eigenvalue weighted by atomic mass is 35.5. The van der Waals surface area contributed by atoms with Crippen LogP contribution in [0.25, 0.3) is 0 Å². The number of nitrogens with two attached hydrogens (primary N) is 1. The van der Waals surface area contributed by atoms with Crippen LogP contribution >= 0.6 is 11.6 Å². The van der Waals surface area contributed by atoms with E-state index in [1.54, 1.807) is 12.1 Å². The highest BCUT2D eigenvalue weighted by Crippen LogP contribution is 2.10. The van der Waals surface area contributed by atoms with Crippen molar-refractivity contribution in [1.29, 1.82) is 0 Å². The van der Waals surface area contributed by atoms with Gasteiger partial charge in [-0.15, -0.1) is 0 Å². The summed E-state index contributed by atoms with van der Waals surface area (Å²) >= 11 is 5.78. The molecule has 3 nitrogen and oxygen atoms in total. The third kappa shape index (κ3) is 4.75. The SMILES string of the molecule is CC(C)C(CN)NC(=O)Cc1ccc(Cl)cc1. The summed E-state index contributed by atoms with van der Waals surface area (Å²) in [5, 5.41) is 3.61. The number of amides is 1. The Balaban J connectivity index is 2.52. The van der Waals surface area contributed by atoms with Gasteiger partial charge in [0.25, 0.3) is 0 Å². The summed E-state index contributed by atoms with van der Waals surface area (Å²) in [4.78, 5) is 11.8. The summed E-state index contributed by atoms with van der Waals surface area (Å²) in [6.45, 7) is 4.55. The largest absolute Gasteiger partial charge is 0.352 e. The predicted molar refractivity (Wildman–Crippen MR) is 71.0 cm³/mol. The molecule has 17 heavy (non-hydrogen) atoms. The van der Waals surface area contributed by atoms with E-state index in [-0.39, 0.29) is 11.9 Å². The Morgan fingerprint density at radius 3 is 2.41 bits per heavy atom. The zero-order valence-corrected chi connectivity index (χ0v) is 11.0. The Hall–Kier alpha value is -1.06. The van der Waals surface area contributed by atoms with Crippen LogP contribution in [0.2, 0.25) is 5.02 Å². The van der Waals surface area contributed by atoms with E-state index in [1.165, 1.54) is 0 Å². The smallest absolute Gasteiger partial charge is 0.224 e. The van der Waals surface area contributed by atoms with Gasteiger partial charge in [-0.25, -0.2) is 0 Å². The van der Waals surface area contributed by atoms with E-state index in [0.717, 1.165) is 5.56 Å². The van der Waals surface area contributed by atoms with Crippen LogP contribution in [0.4, 0.5) is 0 Å². The summed E-state index contributed by atoms with van der Waals surface area (Å²) in [7, 11) is 0. The van der Waals surface area contributed by atoms with Crippen LogP contribution in [0.3, 0.4) is 0 Å². The van der Waals surface area contributed by atoms with Crippen molar-refractivity contribution in [2.24, 2.45) is 11.7 Å². The molecule has 3 N–H and O–H groups in total. The second kappa shape index (κ2) is 6.62. The first-order valence-electron chi connectivity index (χ1n) is 5.76. The van der Waals surface area contributed by atoms with Crippen molar-refractivity contribution >= 4 is 17.5 Å². The zero-order chi connectivity index (χ0) is 12.8. The molecular formula is C13H19ClN2O. The molecule has 0 spiro atoms. The van der Waals surface area contributed by atoms with Gasteiger partial charge in [0.1, 0.15) is 0 Å². The molecule has 0 heterocycles. The van der Waals surface area contributed by atoms with Gasteiger partial charge in [-0.2, -0.15) is 0 Å². The Morgan fingerprint density at radius 1 is 1.35 bits per heavy atom. The molecule has 0 saturated heterocycles. The normalized spacial score (nSPS) is 12.5. The lowest BCUT2D eigenvalue weighted by molar-refractivity contribution is -0.121. The van der Waals surface area contributed by atoms with Crippen molar-refractivity contribution < 1.29 is 4.79 Å². The number of rotatable bonds is 5. The zero-order valence-electron chi connectivity index (χ0n) is 10.2. The molecule has 1 aromatic carbocycles. The van der Waals surface area contributed by atoms with Gasteiger partial charge in [0.2, 0.25) is 5.91 Å². The van der Waals surface area contributed by atoms with Crippen molar-refractivity contribution in [2.45, 2.75) is 26.3 Å². The molecular weight excluding hydrogens is 236 g/mol. The quantitative estimate of drug-likeness (QED) is 0.844. The molecule has 1 atom stereocenters. The van der Waals surface area contributed by atoms with Crippen molar-refractivity contribution in [3.8, 4) is 0 Å². The molecule has 0 aliphatic carbocycles. The Morgan fingerprint density at radius 2 is 1.94 bits per heavy atom. The number of carbonyl (C=O) groups is 1. The summed E-state index contributed by atoms with van der Waals surface area (Å²) in [6, 6.07) is 7.32. The monoisotopic (exact) mass is 254 g/mol. The number of halogens is 1. The minimum atomic E-state index is -0.00327. The third-order valence-electron chi connectivity index (χ3n) is 2.68. The predicted octanol–water partition coefficient (Wildman–Crippen LogP) is 1.98. The van der Waals surface area contributed by atoms with Crippen LogP contribution in [-0.4, -0.2) is 18.5 Å². The van der Waals surface area contributed by atoms with E-state index in [2.05, 4.69) is 5.32 Å².